The molecule has 2 N–H and O–H groups in total. The van der Waals surface area contributed by atoms with Crippen molar-refractivity contribution in [2.75, 3.05) is 23.3 Å². The van der Waals surface area contributed by atoms with Crippen LogP contribution in [0, 0.1) is 0 Å². The molecule has 1 fully saturated rings. The van der Waals surface area contributed by atoms with Gasteiger partial charge in [0.2, 0.25) is 5.91 Å². The van der Waals surface area contributed by atoms with Gasteiger partial charge in [-0.15, -0.1) is 0 Å². The number of rotatable bonds is 8. The number of imidazole rings is 1. The van der Waals surface area contributed by atoms with Gasteiger partial charge in [-0.25, -0.2) is 9.97 Å². The molecule has 1 aliphatic heterocycles. The Labute approximate surface area is 187 Å². The van der Waals surface area contributed by atoms with E-state index in [9.17, 15) is 9.59 Å². The van der Waals surface area contributed by atoms with Gasteiger partial charge >= 0.3 is 0 Å². The van der Waals surface area contributed by atoms with E-state index in [1.54, 1.807) is 35.4 Å². The summed E-state index contributed by atoms with van der Waals surface area (Å²) in [4.78, 5) is 36.3. The lowest BCUT2D eigenvalue weighted by molar-refractivity contribution is -0.118. The molecule has 0 bridgehead atoms. The first-order valence-electron chi connectivity index (χ1n) is 11.0. The number of carbonyl (C=O) groups is 2. The van der Waals surface area contributed by atoms with E-state index in [-0.39, 0.29) is 11.8 Å². The minimum atomic E-state index is -0.628. The first-order chi connectivity index (χ1) is 15.6. The number of benzene rings is 1. The van der Waals surface area contributed by atoms with E-state index in [0.29, 0.717) is 17.8 Å². The number of hydrogen-bond donors (Lipinski definition) is 2. The summed E-state index contributed by atoms with van der Waals surface area (Å²) in [6, 6.07) is 10.7. The van der Waals surface area contributed by atoms with Crippen LogP contribution in [0.3, 0.4) is 0 Å². The second kappa shape index (κ2) is 10.1. The molecule has 8 nitrogen and oxygen atoms in total. The van der Waals surface area contributed by atoms with Gasteiger partial charge in [-0.2, -0.15) is 0 Å². The van der Waals surface area contributed by atoms with Crippen molar-refractivity contribution in [2.45, 2.75) is 38.6 Å². The van der Waals surface area contributed by atoms with Crippen LogP contribution in [0.15, 0.2) is 61.3 Å². The Hall–Kier alpha value is -3.68. The molecule has 0 radical (unpaired) electrons. The molecule has 1 aromatic carbocycles. The van der Waals surface area contributed by atoms with E-state index in [1.807, 2.05) is 25.1 Å². The highest BCUT2D eigenvalue weighted by atomic mass is 16.2. The lowest BCUT2D eigenvalue weighted by Crippen LogP contribution is -2.43. The Kier molecular flexibility index (Phi) is 6.79. The lowest BCUT2D eigenvalue weighted by Gasteiger charge is -2.20. The fourth-order valence-corrected chi connectivity index (χ4v) is 3.85. The number of nitrogens with one attached hydrogen (secondary N) is 2. The number of anilines is 2. The van der Waals surface area contributed by atoms with Crippen LogP contribution in [0.5, 0.6) is 0 Å². The van der Waals surface area contributed by atoms with Crippen LogP contribution in [-0.4, -0.2) is 45.5 Å². The highest BCUT2D eigenvalue weighted by Gasteiger charge is 2.21. The summed E-state index contributed by atoms with van der Waals surface area (Å²) in [6.07, 6.45) is 10.3. The average molecular weight is 433 g/mol. The highest BCUT2D eigenvalue weighted by Crippen LogP contribution is 2.23. The SMILES string of the molecule is CCCC(NC(=O)c1ccc(-n2ccnc2)nc1)C(=O)Nc1cccc(N2CCCC2)c1. The molecule has 2 aromatic heterocycles. The van der Waals surface area contributed by atoms with Gasteiger partial charge in [-0.1, -0.05) is 19.4 Å². The van der Waals surface area contributed by atoms with Crippen molar-refractivity contribution in [1.29, 1.82) is 0 Å². The van der Waals surface area contributed by atoms with Crippen LogP contribution >= 0.6 is 0 Å². The number of hydrogen-bond acceptors (Lipinski definition) is 5. The summed E-state index contributed by atoms with van der Waals surface area (Å²) in [5.74, 6) is 0.121. The lowest BCUT2D eigenvalue weighted by atomic mass is 10.1. The second-order valence-corrected chi connectivity index (χ2v) is 7.92. The molecule has 3 aromatic rings. The average Bonchev–Trinajstić information content (AvgIpc) is 3.53. The minimum Gasteiger partial charge on any atom is -0.371 e. The summed E-state index contributed by atoms with van der Waals surface area (Å²) in [7, 11) is 0. The Morgan fingerprint density at radius 2 is 2.00 bits per heavy atom. The van der Waals surface area contributed by atoms with Gasteiger partial charge in [0.15, 0.2) is 0 Å². The molecule has 1 aliphatic rings. The molecule has 2 amide bonds. The number of aromatic nitrogens is 3. The molecular formula is C24H28N6O2. The molecule has 8 heteroatoms. The number of amides is 2. The second-order valence-electron chi connectivity index (χ2n) is 7.92. The summed E-state index contributed by atoms with van der Waals surface area (Å²) < 4.78 is 1.76. The van der Waals surface area contributed by atoms with E-state index in [0.717, 1.165) is 30.9 Å². The number of nitrogens with zero attached hydrogens (tertiary/aromatic N) is 4. The topological polar surface area (TPSA) is 92.1 Å². The Balaban J connectivity index is 1.41. The molecule has 166 valence electrons. The van der Waals surface area contributed by atoms with Crippen LogP contribution in [0.4, 0.5) is 11.4 Å². The van der Waals surface area contributed by atoms with Crippen LogP contribution < -0.4 is 15.5 Å². The predicted octanol–water partition coefficient (Wildman–Crippen LogP) is 3.40. The van der Waals surface area contributed by atoms with Crippen LogP contribution in [-0.2, 0) is 4.79 Å². The number of pyridine rings is 1. The number of carbonyl (C=O) groups excluding carboxylic acids is 2. The van der Waals surface area contributed by atoms with Gasteiger partial charge in [0.25, 0.3) is 5.91 Å². The third-order valence-electron chi connectivity index (χ3n) is 5.56. The first-order valence-corrected chi connectivity index (χ1v) is 11.0. The van der Waals surface area contributed by atoms with Crippen molar-refractivity contribution in [2.24, 2.45) is 0 Å². The van der Waals surface area contributed by atoms with Crippen molar-refractivity contribution in [3.63, 3.8) is 0 Å². The molecule has 32 heavy (non-hydrogen) atoms. The summed E-state index contributed by atoms with van der Waals surface area (Å²) in [6.45, 7) is 4.07. The largest absolute Gasteiger partial charge is 0.371 e. The smallest absolute Gasteiger partial charge is 0.253 e. The van der Waals surface area contributed by atoms with E-state index < -0.39 is 6.04 Å². The maximum atomic E-state index is 12.9. The van der Waals surface area contributed by atoms with Crippen molar-refractivity contribution in [1.82, 2.24) is 19.9 Å². The molecule has 1 unspecified atom stereocenters. The van der Waals surface area contributed by atoms with Crippen molar-refractivity contribution < 1.29 is 9.59 Å². The van der Waals surface area contributed by atoms with Gasteiger partial charge in [0.05, 0.1) is 5.56 Å². The molecule has 1 atom stereocenters. The molecule has 3 heterocycles. The third-order valence-corrected chi connectivity index (χ3v) is 5.56. The van der Waals surface area contributed by atoms with Crippen LogP contribution in [0.25, 0.3) is 5.82 Å². The summed E-state index contributed by atoms with van der Waals surface area (Å²) >= 11 is 0. The fourth-order valence-electron chi connectivity index (χ4n) is 3.85. The van der Waals surface area contributed by atoms with Crippen molar-refractivity contribution in [3.8, 4) is 5.82 Å². The molecular weight excluding hydrogens is 404 g/mol. The van der Waals surface area contributed by atoms with Gasteiger partial charge in [0, 0.05) is 43.1 Å². The highest BCUT2D eigenvalue weighted by molar-refractivity contribution is 6.01. The zero-order valence-corrected chi connectivity index (χ0v) is 18.2. The van der Waals surface area contributed by atoms with Crippen LogP contribution in [0.2, 0.25) is 0 Å². The first kappa shape index (κ1) is 21.5. The Morgan fingerprint density at radius 3 is 2.69 bits per heavy atom. The molecule has 0 spiro atoms. The standard InChI is InChI=1S/C24H28N6O2/c1-2-6-21(24(32)27-19-7-5-8-20(15-19)29-12-3-4-13-29)28-23(31)18-9-10-22(26-16-18)30-14-11-25-17-30/h5,7-11,14-17,21H,2-4,6,12-13H2,1H3,(H,27,32)(H,28,31). The summed E-state index contributed by atoms with van der Waals surface area (Å²) in [5.41, 5.74) is 2.25. The maximum Gasteiger partial charge on any atom is 0.253 e. The molecule has 0 saturated carbocycles. The van der Waals surface area contributed by atoms with Crippen molar-refractivity contribution in [3.05, 3.63) is 66.9 Å². The molecule has 1 saturated heterocycles. The third kappa shape index (κ3) is 5.14. The Morgan fingerprint density at radius 1 is 1.16 bits per heavy atom. The summed E-state index contributed by atoms with van der Waals surface area (Å²) in [5, 5.41) is 5.83. The molecule has 4 rings (SSSR count). The quantitative estimate of drug-likeness (QED) is 0.569. The van der Waals surface area contributed by atoms with Gasteiger partial charge in [-0.3, -0.25) is 14.2 Å². The maximum absolute atomic E-state index is 12.9. The van der Waals surface area contributed by atoms with E-state index in [1.165, 1.54) is 19.0 Å². The Bertz CT molecular complexity index is 1040. The molecule has 0 aliphatic carbocycles. The monoisotopic (exact) mass is 432 g/mol. The predicted molar refractivity (Wildman–Crippen MR) is 124 cm³/mol. The fraction of sp³-hybridized carbons (Fsp3) is 0.333. The normalized spacial score (nSPS) is 14.2. The van der Waals surface area contributed by atoms with Crippen LogP contribution in [0.1, 0.15) is 43.0 Å². The van der Waals surface area contributed by atoms with E-state index in [2.05, 4.69) is 31.6 Å². The van der Waals surface area contributed by atoms with Gasteiger partial charge in [-0.05, 0) is 49.6 Å². The van der Waals surface area contributed by atoms with Crippen molar-refractivity contribution >= 4 is 23.2 Å². The van der Waals surface area contributed by atoms with Gasteiger partial charge in [0.1, 0.15) is 18.2 Å². The van der Waals surface area contributed by atoms with E-state index >= 15 is 0 Å². The minimum absolute atomic E-state index is 0.221. The van der Waals surface area contributed by atoms with E-state index in [4.69, 9.17) is 0 Å². The van der Waals surface area contributed by atoms with Gasteiger partial charge < -0.3 is 15.5 Å². The zero-order valence-electron chi connectivity index (χ0n) is 18.2. The zero-order chi connectivity index (χ0) is 22.3.